The third-order valence-corrected chi connectivity index (χ3v) is 3.42. The second kappa shape index (κ2) is 4.08. The molecule has 1 aromatic heterocycles. The molecule has 2 aromatic rings. The van der Waals surface area contributed by atoms with Crippen LogP contribution in [0.4, 0.5) is 0 Å². The third-order valence-electron chi connectivity index (χ3n) is 3.42. The minimum absolute atomic E-state index is 0.157. The second-order valence-electron chi connectivity index (χ2n) is 7.09. The molecule has 96 valence electrons. The summed E-state index contributed by atoms with van der Waals surface area (Å²) in [5.41, 5.74) is 4.15. The summed E-state index contributed by atoms with van der Waals surface area (Å²) in [5, 5.41) is 1.28. The average molecular weight is 241 g/mol. The molecule has 0 aliphatic rings. The number of hydrogen-bond donors (Lipinski definition) is 0. The van der Waals surface area contributed by atoms with Gasteiger partial charge >= 0.3 is 0 Å². The monoisotopic (exact) mass is 241 g/mol. The molecule has 1 heteroatoms. The molecule has 0 spiro atoms. The molecular weight excluding hydrogens is 218 g/mol. The van der Waals surface area contributed by atoms with E-state index >= 15 is 0 Å². The number of nitrogens with zero attached hydrogens (tertiary/aromatic N) is 1. The number of hydrogen-bond acceptors (Lipinski definition) is 1. The van der Waals surface area contributed by atoms with Gasteiger partial charge in [0.1, 0.15) is 0 Å². The minimum Gasteiger partial charge on any atom is -0.256 e. The van der Waals surface area contributed by atoms with Crippen molar-refractivity contribution in [1.29, 1.82) is 0 Å². The van der Waals surface area contributed by atoms with Gasteiger partial charge in [-0.25, -0.2) is 0 Å². The molecule has 0 saturated heterocycles. The molecule has 0 amide bonds. The zero-order valence-corrected chi connectivity index (χ0v) is 12.3. The Morgan fingerprint density at radius 3 is 2.06 bits per heavy atom. The zero-order valence-electron chi connectivity index (χ0n) is 12.3. The molecule has 0 aliphatic carbocycles. The number of fused-ring (bicyclic) bond motifs is 1. The highest BCUT2D eigenvalue weighted by atomic mass is 14.6. The molecular formula is C17H23N. The zero-order chi connectivity index (χ0) is 13.6. The Bertz CT molecular complexity index is 568. The Morgan fingerprint density at radius 2 is 1.50 bits per heavy atom. The highest BCUT2D eigenvalue weighted by Gasteiger charge is 2.19. The smallest absolute Gasteiger partial charge is 0.0707 e. The molecule has 0 bridgehead atoms. The molecule has 1 heterocycles. The van der Waals surface area contributed by atoms with Crippen LogP contribution in [0.15, 0.2) is 30.5 Å². The summed E-state index contributed by atoms with van der Waals surface area (Å²) in [5.74, 6) is 0. The number of pyridine rings is 1. The predicted molar refractivity (Wildman–Crippen MR) is 79.1 cm³/mol. The topological polar surface area (TPSA) is 12.9 Å². The summed E-state index contributed by atoms with van der Waals surface area (Å²) in [6, 6.07) is 8.83. The summed E-state index contributed by atoms with van der Waals surface area (Å²) in [7, 11) is 0. The number of aromatic nitrogens is 1. The Hall–Kier alpha value is -1.37. The van der Waals surface area contributed by atoms with Crippen molar-refractivity contribution in [2.24, 2.45) is 0 Å². The lowest BCUT2D eigenvalue weighted by Gasteiger charge is -2.23. The second-order valence-corrected chi connectivity index (χ2v) is 7.09. The molecule has 0 saturated carbocycles. The molecule has 0 radical (unpaired) electrons. The summed E-state index contributed by atoms with van der Waals surface area (Å²) in [6.07, 6.45) is 1.93. The van der Waals surface area contributed by atoms with Gasteiger partial charge in [-0.2, -0.15) is 0 Å². The molecule has 0 N–H and O–H groups in total. The minimum atomic E-state index is 0.157. The van der Waals surface area contributed by atoms with Crippen LogP contribution in [0.3, 0.4) is 0 Å². The largest absolute Gasteiger partial charge is 0.256 e. The fourth-order valence-corrected chi connectivity index (χ4v) is 2.27. The van der Waals surface area contributed by atoms with Gasteiger partial charge in [-0.1, -0.05) is 53.7 Å². The molecule has 18 heavy (non-hydrogen) atoms. The van der Waals surface area contributed by atoms with Crippen LogP contribution in [0.5, 0.6) is 0 Å². The van der Waals surface area contributed by atoms with Crippen LogP contribution in [0.1, 0.15) is 52.7 Å². The van der Waals surface area contributed by atoms with E-state index in [1.165, 1.54) is 16.5 Å². The van der Waals surface area contributed by atoms with Crippen molar-refractivity contribution in [2.45, 2.75) is 52.4 Å². The SMILES string of the molecule is CC(C)(C)c1ccc2c(C(C)(C)C)ccnc2c1. The van der Waals surface area contributed by atoms with Gasteiger partial charge in [0.2, 0.25) is 0 Å². The molecule has 1 aromatic carbocycles. The molecule has 0 atom stereocenters. The Balaban J connectivity index is 2.68. The van der Waals surface area contributed by atoms with E-state index in [2.05, 4.69) is 70.8 Å². The lowest BCUT2D eigenvalue weighted by molar-refractivity contribution is 0.589. The lowest BCUT2D eigenvalue weighted by Crippen LogP contribution is -2.13. The average Bonchev–Trinajstić information content (AvgIpc) is 2.25. The molecule has 2 rings (SSSR count). The van der Waals surface area contributed by atoms with Crippen LogP contribution in [0.2, 0.25) is 0 Å². The third kappa shape index (κ3) is 2.40. The van der Waals surface area contributed by atoms with Crippen molar-refractivity contribution < 1.29 is 0 Å². The molecule has 0 unspecified atom stereocenters. The first-order valence-corrected chi connectivity index (χ1v) is 6.59. The number of benzene rings is 1. The summed E-state index contributed by atoms with van der Waals surface area (Å²) in [4.78, 5) is 4.53. The fraction of sp³-hybridized carbons (Fsp3) is 0.471. The summed E-state index contributed by atoms with van der Waals surface area (Å²) < 4.78 is 0. The van der Waals surface area contributed by atoms with Crippen LogP contribution in [0.25, 0.3) is 10.9 Å². The van der Waals surface area contributed by atoms with Crippen LogP contribution in [-0.2, 0) is 10.8 Å². The van der Waals surface area contributed by atoms with E-state index in [1.54, 1.807) is 0 Å². The van der Waals surface area contributed by atoms with Crippen molar-refractivity contribution in [3.05, 3.63) is 41.6 Å². The highest BCUT2D eigenvalue weighted by Crippen LogP contribution is 2.31. The first kappa shape index (κ1) is 13.1. The van der Waals surface area contributed by atoms with E-state index in [9.17, 15) is 0 Å². The van der Waals surface area contributed by atoms with Gasteiger partial charge in [-0.15, -0.1) is 0 Å². The number of rotatable bonds is 0. The van der Waals surface area contributed by atoms with Gasteiger partial charge < -0.3 is 0 Å². The van der Waals surface area contributed by atoms with Crippen LogP contribution in [0, 0.1) is 0 Å². The van der Waals surface area contributed by atoms with Gasteiger partial charge in [0, 0.05) is 11.6 Å². The normalized spacial score (nSPS) is 13.0. The summed E-state index contributed by atoms with van der Waals surface area (Å²) in [6.45, 7) is 13.5. The van der Waals surface area contributed by atoms with Crippen molar-refractivity contribution in [2.75, 3.05) is 0 Å². The van der Waals surface area contributed by atoms with E-state index < -0.39 is 0 Å². The lowest BCUT2D eigenvalue weighted by atomic mass is 9.82. The Labute approximate surface area is 110 Å². The van der Waals surface area contributed by atoms with Crippen LogP contribution >= 0.6 is 0 Å². The Morgan fingerprint density at radius 1 is 0.833 bits per heavy atom. The maximum absolute atomic E-state index is 4.53. The Kier molecular flexibility index (Phi) is 2.96. The van der Waals surface area contributed by atoms with Crippen molar-refractivity contribution in [1.82, 2.24) is 4.98 Å². The standard InChI is InChI=1S/C17H23N/c1-16(2,3)12-7-8-13-14(17(4,5)6)9-10-18-15(13)11-12/h7-11H,1-6H3. The van der Waals surface area contributed by atoms with Crippen molar-refractivity contribution >= 4 is 10.9 Å². The quantitative estimate of drug-likeness (QED) is 0.643. The van der Waals surface area contributed by atoms with Gasteiger partial charge in [0.15, 0.2) is 0 Å². The van der Waals surface area contributed by atoms with Gasteiger partial charge in [0.05, 0.1) is 5.52 Å². The van der Waals surface area contributed by atoms with E-state index in [0.717, 1.165) is 5.52 Å². The van der Waals surface area contributed by atoms with E-state index in [1.807, 2.05) is 6.20 Å². The first-order valence-electron chi connectivity index (χ1n) is 6.59. The van der Waals surface area contributed by atoms with E-state index in [0.29, 0.717) is 0 Å². The van der Waals surface area contributed by atoms with Gasteiger partial charge in [-0.3, -0.25) is 4.98 Å². The molecule has 0 aliphatic heterocycles. The molecule has 0 fully saturated rings. The van der Waals surface area contributed by atoms with Crippen LogP contribution in [-0.4, -0.2) is 4.98 Å². The van der Waals surface area contributed by atoms with Crippen LogP contribution < -0.4 is 0 Å². The van der Waals surface area contributed by atoms with Gasteiger partial charge in [0.25, 0.3) is 0 Å². The highest BCUT2D eigenvalue weighted by molar-refractivity contribution is 5.83. The maximum atomic E-state index is 4.53. The first-order chi connectivity index (χ1) is 8.19. The molecule has 1 nitrogen and oxygen atoms in total. The predicted octanol–water partition coefficient (Wildman–Crippen LogP) is 4.83. The van der Waals surface area contributed by atoms with E-state index in [-0.39, 0.29) is 10.8 Å². The maximum Gasteiger partial charge on any atom is 0.0707 e. The van der Waals surface area contributed by atoms with Crippen molar-refractivity contribution in [3.63, 3.8) is 0 Å². The fourth-order valence-electron chi connectivity index (χ4n) is 2.27. The van der Waals surface area contributed by atoms with Crippen molar-refractivity contribution in [3.8, 4) is 0 Å². The van der Waals surface area contributed by atoms with E-state index in [4.69, 9.17) is 0 Å². The summed E-state index contributed by atoms with van der Waals surface area (Å²) >= 11 is 0. The van der Waals surface area contributed by atoms with Gasteiger partial charge in [-0.05, 0) is 34.1 Å².